The fourth-order valence-electron chi connectivity index (χ4n) is 2.18. The Bertz CT molecular complexity index is 329. The zero-order chi connectivity index (χ0) is 12.5. The molecule has 0 saturated heterocycles. The summed E-state index contributed by atoms with van der Waals surface area (Å²) < 4.78 is 0. The van der Waals surface area contributed by atoms with E-state index in [4.69, 9.17) is 0 Å². The molecule has 2 unspecified atom stereocenters. The fraction of sp³-hybridized carbons (Fsp3) is 1.00. The van der Waals surface area contributed by atoms with Crippen molar-refractivity contribution in [2.75, 3.05) is 0 Å². The maximum atomic E-state index is 10.8. The molecule has 2 atom stereocenters. The van der Waals surface area contributed by atoms with Gasteiger partial charge in [-0.25, -0.2) is 0 Å². The number of nitro groups is 3. The molecule has 1 aliphatic carbocycles. The molecule has 0 aromatic carbocycles. The van der Waals surface area contributed by atoms with Gasteiger partial charge in [0.2, 0.25) is 6.04 Å². The molecule has 1 aliphatic rings. The zero-order valence-electron chi connectivity index (χ0n) is 8.57. The third-order valence-corrected chi connectivity index (χ3v) is 2.89. The lowest BCUT2D eigenvalue weighted by Crippen LogP contribution is -2.54. The highest BCUT2D eigenvalue weighted by atomic mass is 16.7. The predicted octanol–water partition coefficient (Wildman–Crippen LogP) is 0.701. The Balaban J connectivity index is 3.05. The summed E-state index contributed by atoms with van der Waals surface area (Å²) in [6.45, 7) is 1.55. The van der Waals surface area contributed by atoms with Gasteiger partial charge in [0.05, 0.1) is 16.3 Å². The van der Waals surface area contributed by atoms with Crippen LogP contribution in [0.2, 0.25) is 0 Å². The Morgan fingerprint density at radius 1 is 1.06 bits per heavy atom. The predicted molar refractivity (Wildman–Crippen MR) is 50.5 cm³/mol. The van der Waals surface area contributed by atoms with Gasteiger partial charge in [0.25, 0.3) is 0 Å². The second-order valence-electron chi connectivity index (χ2n) is 4.18. The summed E-state index contributed by atoms with van der Waals surface area (Å²) in [7, 11) is 0. The van der Waals surface area contributed by atoms with Crippen LogP contribution in [0.25, 0.3) is 0 Å². The molecule has 0 aromatic heterocycles. The minimum absolute atomic E-state index is 0.149. The molecule has 0 N–H and O–H groups in total. The Hall–Kier alpha value is -1.80. The van der Waals surface area contributed by atoms with Crippen LogP contribution in [-0.2, 0) is 0 Å². The molecule has 16 heavy (non-hydrogen) atoms. The van der Waals surface area contributed by atoms with Gasteiger partial charge in [-0.05, 0) is 5.92 Å². The normalized spacial score (nSPS) is 28.3. The molecule has 1 fully saturated rings. The van der Waals surface area contributed by atoms with E-state index >= 15 is 0 Å². The van der Waals surface area contributed by atoms with Crippen LogP contribution >= 0.6 is 0 Å². The monoisotopic (exact) mass is 233 g/mol. The van der Waals surface area contributed by atoms with Crippen LogP contribution in [0.15, 0.2) is 0 Å². The molecule has 9 nitrogen and oxygen atoms in total. The summed E-state index contributed by atoms with van der Waals surface area (Å²) in [5.74, 6) is -0.403. The number of hydrogen-bond donors (Lipinski definition) is 0. The largest absolute Gasteiger partial charge is 0.465 e. The Kier molecular flexibility index (Phi) is 3.06. The number of hydrogen-bond acceptors (Lipinski definition) is 6. The molecule has 1 rings (SSSR count). The van der Waals surface area contributed by atoms with Crippen LogP contribution in [0.5, 0.6) is 0 Å². The Labute approximate surface area is 89.9 Å². The van der Waals surface area contributed by atoms with E-state index in [0.29, 0.717) is 0 Å². The molecular formula is C7H11N3O6. The molecule has 0 amide bonds. The number of rotatable bonds is 3. The molecule has 90 valence electrons. The van der Waals surface area contributed by atoms with Crippen LogP contribution in [-0.4, -0.2) is 26.5 Å². The van der Waals surface area contributed by atoms with Gasteiger partial charge in [-0.1, -0.05) is 6.92 Å². The van der Waals surface area contributed by atoms with E-state index in [9.17, 15) is 30.3 Å². The highest BCUT2D eigenvalue weighted by Crippen LogP contribution is 2.36. The van der Waals surface area contributed by atoms with Crippen LogP contribution in [0.1, 0.15) is 26.2 Å². The quantitative estimate of drug-likeness (QED) is 0.400. The maximum Gasteiger partial charge on any atom is 0.465 e. The third-order valence-electron chi connectivity index (χ3n) is 2.89. The summed E-state index contributed by atoms with van der Waals surface area (Å²) in [5.41, 5.74) is -2.39. The summed E-state index contributed by atoms with van der Waals surface area (Å²) in [4.78, 5) is 29.5. The first-order valence-corrected chi connectivity index (χ1v) is 4.72. The average molecular weight is 233 g/mol. The summed E-state index contributed by atoms with van der Waals surface area (Å²) in [5, 5.41) is 32.1. The van der Waals surface area contributed by atoms with Crippen LogP contribution in [0, 0.1) is 36.3 Å². The lowest BCUT2D eigenvalue weighted by molar-refractivity contribution is -0.807. The van der Waals surface area contributed by atoms with Crippen molar-refractivity contribution in [3.8, 4) is 0 Å². The van der Waals surface area contributed by atoms with E-state index in [2.05, 4.69) is 0 Å². The van der Waals surface area contributed by atoms with E-state index in [0.717, 1.165) is 0 Å². The Morgan fingerprint density at radius 3 is 1.94 bits per heavy atom. The van der Waals surface area contributed by atoms with Crippen molar-refractivity contribution in [3.63, 3.8) is 0 Å². The van der Waals surface area contributed by atoms with Gasteiger partial charge in [0.15, 0.2) is 6.42 Å². The summed E-state index contributed by atoms with van der Waals surface area (Å²) >= 11 is 0. The highest BCUT2D eigenvalue weighted by Gasteiger charge is 2.63. The lowest BCUT2D eigenvalue weighted by atomic mass is 9.80. The van der Waals surface area contributed by atoms with E-state index < -0.39 is 38.8 Å². The second-order valence-corrected chi connectivity index (χ2v) is 4.18. The summed E-state index contributed by atoms with van der Waals surface area (Å²) in [6, 6.07) is -1.21. The van der Waals surface area contributed by atoms with Gasteiger partial charge in [-0.15, -0.1) is 0 Å². The minimum Gasteiger partial charge on any atom is -0.264 e. The van der Waals surface area contributed by atoms with E-state index in [1.807, 2.05) is 0 Å². The first kappa shape index (κ1) is 12.3. The molecule has 0 radical (unpaired) electrons. The Morgan fingerprint density at radius 2 is 1.56 bits per heavy atom. The average Bonchev–Trinajstić information content (AvgIpc) is 2.15. The number of nitrogens with zero attached hydrogens (tertiary/aromatic N) is 3. The molecule has 0 spiro atoms. The minimum atomic E-state index is -2.39. The molecule has 9 heteroatoms. The second kappa shape index (κ2) is 3.99. The molecule has 1 saturated carbocycles. The van der Waals surface area contributed by atoms with Crippen LogP contribution in [0.3, 0.4) is 0 Å². The van der Waals surface area contributed by atoms with Crippen molar-refractivity contribution >= 4 is 0 Å². The molecule has 0 bridgehead atoms. The first-order chi connectivity index (χ1) is 7.29. The van der Waals surface area contributed by atoms with Crippen molar-refractivity contribution in [2.45, 2.75) is 37.9 Å². The van der Waals surface area contributed by atoms with E-state index in [1.165, 1.54) is 0 Å². The topological polar surface area (TPSA) is 129 Å². The maximum absolute atomic E-state index is 10.8. The van der Waals surface area contributed by atoms with Crippen molar-refractivity contribution in [3.05, 3.63) is 30.3 Å². The highest BCUT2D eigenvalue weighted by molar-refractivity contribution is 4.82. The molecule has 0 aliphatic heterocycles. The lowest BCUT2D eigenvalue weighted by Gasteiger charge is -2.27. The van der Waals surface area contributed by atoms with Gasteiger partial charge in [0.1, 0.15) is 0 Å². The smallest absolute Gasteiger partial charge is 0.264 e. The first-order valence-electron chi connectivity index (χ1n) is 4.72. The third kappa shape index (κ3) is 1.92. The van der Waals surface area contributed by atoms with Gasteiger partial charge in [-0.3, -0.25) is 30.3 Å². The van der Waals surface area contributed by atoms with Gasteiger partial charge < -0.3 is 0 Å². The van der Waals surface area contributed by atoms with Crippen LogP contribution in [0.4, 0.5) is 0 Å². The van der Waals surface area contributed by atoms with Crippen molar-refractivity contribution in [2.24, 2.45) is 5.92 Å². The fourth-order valence-corrected chi connectivity index (χ4v) is 2.18. The molecular weight excluding hydrogens is 222 g/mol. The zero-order valence-corrected chi connectivity index (χ0v) is 8.57. The van der Waals surface area contributed by atoms with Crippen molar-refractivity contribution < 1.29 is 14.8 Å². The van der Waals surface area contributed by atoms with E-state index in [1.54, 1.807) is 6.92 Å². The van der Waals surface area contributed by atoms with Gasteiger partial charge >= 0.3 is 5.66 Å². The standard InChI is InChI=1S/C7H11N3O6/c1-5-2-6(8(11)12)4-7(3-5,9(13)14)10(15)16/h5-6H,2-4H2,1H3. The van der Waals surface area contributed by atoms with Gasteiger partial charge in [-0.2, -0.15) is 0 Å². The molecule has 0 aromatic rings. The van der Waals surface area contributed by atoms with Crippen molar-refractivity contribution in [1.29, 1.82) is 0 Å². The summed E-state index contributed by atoms with van der Waals surface area (Å²) in [6.07, 6.45) is -0.738. The van der Waals surface area contributed by atoms with Crippen LogP contribution < -0.4 is 0 Å². The van der Waals surface area contributed by atoms with Gasteiger partial charge in [0, 0.05) is 11.3 Å². The molecule has 0 heterocycles. The SMILES string of the molecule is CC1CC([N+](=O)[O-])CC([N+](=O)[O-])([N+](=O)[O-])C1. The van der Waals surface area contributed by atoms with E-state index in [-0.39, 0.29) is 12.8 Å². The van der Waals surface area contributed by atoms with Crippen molar-refractivity contribution in [1.82, 2.24) is 0 Å².